The average molecular weight is 721 g/mol. The van der Waals surface area contributed by atoms with Crippen LogP contribution in [0.15, 0.2) is 12.2 Å². The van der Waals surface area contributed by atoms with Gasteiger partial charge < -0.3 is 44.1 Å². The van der Waals surface area contributed by atoms with Crippen molar-refractivity contribution in [3.8, 4) is 0 Å². The van der Waals surface area contributed by atoms with Crippen LogP contribution in [0.3, 0.4) is 0 Å². The molecular formula is C40H64O11. The molecule has 6 rings (SSSR count). The molecular weight excluding hydrogens is 656 g/mol. The molecule has 2 saturated heterocycles. The monoisotopic (exact) mass is 720 g/mol. The molecule has 0 unspecified atom stereocenters. The number of hydrogen-bond acceptors (Lipinski definition) is 11. The van der Waals surface area contributed by atoms with Gasteiger partial charge in [0.05, 0.1) is 17.8 Å². The van der Waals surface area contributed by atoms with Crippen LogP contribution in [-0.2, 0) is 33.3 Å². The lowest BCUT2D eigenvalue weighted by atomic mass is 9.34. The van der Waals surface area contributed by atoms with Crippen LogP contribution in [0.4, 0.5) is 0 Å². The number of fused-ring (bicyclic) bond motifs is 6. The number of rotatable bonds is 7. The average Bonchev–Trinajstić information content (AvgIpc) is 3.54. The lowest BCUT2D eigenvalue weighted by Gasteiger charge is -2.72. The number of ether oxygens (including phenoxy) is 5. The molecule has 6 fully saturated rings. The molecule has 0 aromatic heterocycles. The minimum Gasteiger partial charge on any atom is -0.463 e. The van der Waals surface area contributed by atoms with Gasteiger partial charge in [-0.05, 0) is 98.4 Å². The lowest BCUT2D eigenvalue weighted by Crippen LogP contribution is -2.71. The molecule has 4 saturated carbocycles. The summed E-state index contributed by atoms with van der Waals surface area (Å²) in [5.74, 6) is -0.141. The van der Waals surface area contributed by atoms with Gasteiger partial charge in [0.25, 0.3) is 0 Å². The van der Waals surface area contributed by atoms with Gasteiger partial charge >= 0.3 is 11.9 Å². The Balaban J connectivity index is 1.41. The molecule has 1 spiro atoms. The quantitative estimate of drug-likeness (QED) is 0.167. The standard InChI is InChI=1S/C40H64O11/c1-20(2)31(43)24-17-21(3)40(51-24)16-15-38(9)27(40)12-11-26-37(8)14-13-29(48-23(5)42)36(6,7)28(37)18-30(39(26,38)10)50-35-34(46)33(45)32(44)25(49-35)19-47-22(4)41/h21,24-35,43-46H,1,11-19H2,2-10H3/t21-,24+,25+,26+,27-,28-,29+,30+,31+,32+,33-,34+,35-,37+,38+,39-,40+/m0/s1. The second-order valence-electron chi connectivity index (χ2n) is 18.6. The molecule has 17 atom stereocenters. The Labute approximate surface area is 303 Å². The van der Waals surface area contributed by atoms with Crippen LogP contribution in [-0.4, -0.2) is 99.7 Å². The van der Waals surface area contributed by atoms with Gasteiger partial charge in [-0.1, -0.05) is 48.1 Å². The van der Waals surface area contributed by atoms with Crippen molar-refractivity contribution in [2.24, 2.45) is 45.3 Å². The highest BCUT2D eigenvalue weighted by atomic mass is 16.7. The van der Waals surface area contributed by atoms with E-state index in [0.717, 1.165) is 44.9 Å². The zero-order valence-corrected chi connectivity index (χ0v) is 32.2. The second-order valence-corrected chi connectivity index (χ2v) is 18.6. The first-order chi connectivity index (χ1) is 23.6. The van der Waals surface area contributed by atoms with Crippen molar-refractivity contribution in [3.05, 3.63) is 12.2 Å². The van der Waals surface area contributed by atoms with Crippen molar-refractivity contribution in [1.29, 1.82) is 0 Å². The molecule has 2 aliphatic heterocycles. The normalized spacial score (nSPS) is 50.8. The molecule has 51 heavy (non-hydrogen) atoms. The first-order valence-corrected chi connectivity index (χ1v) is 19.3. The summed E-state index contributed by atoms with van der Waals surface area (Å²) in [6, 6.07) is 0. The molecule has 11 heteroatoms. The van der Waals surface area contributed by atoms with Crippen LogP contribution in [0.25, 0.3) is 0 Å². The minimum absolute atomic E-state index is 0.0894. The van der Waals surface area contributed by atoms with Crippen LogP contribution >= 0.6 is 0 Å². The van der Waals surface area contributed by atoms with Crippen molar-refractivity contribution in [1.82, 2.24) is 0 Å². The van der Waals surface area contributed by atoms with Crippen molar-refractivity contribution < 1.29 is 53.7 Å². The molecule has 0 aromatic carbocycles. The third-order valence-corrected chi connectivity index (χ3v) is 15.9. The Morgan fingerprint density at radius 3 is 2.14 bits per heavy atom. The van der Waals surface area contributed by atoms with E-state index >= 15 is 0 Å². The van der Waals surface area contributed by atoms with E-state index in [1.807, 2.05) is 6.92 Å². The summed E-state index contributed by atoms with van der Waals surface area (Å²) in [4.78, 5) is 23.9. The molecule has 0 aromatic rings. The molecule has 2 heterocycles. The van der Waals surface area contributed by atoms with Crippen molar-refractivity contribution in [3.63, 3.8) is 0 Å². The van der Waals surface area contributed by atoms with Gasteiger partial charge in [0.2, 0.25) is 0 Å². The van der Waals surface area contributed by atoms with Gasteiger partial charge in [0.15, 0.2) is 6.29 Å². The number of aliphatic hydroxyl groups is 4. The maximum Gasteiger partial charge on any atom is 0.302 e. The first-order valence-electron chi connectivity index (χ1n) is 19.3. The topological polar surface area (TPSA) is 161 Å². The highest BCUT2D eigenvalue weighted by Crippen LogP contribution is 2.77. The predicted octanol–water partition coefficient (Wildman–Crippen LogP) is 4.45. The van der Waals surface area contributed by atoms with Gasteiger partial charge in [-0.15, -0.1) is 0 Å². The number of hydrogen-bond donors (Lipinski definition) is 4. The zero-order chi connectivity index (χ0) is 37.6. The van der Waals surface area contributed by atoms with Crippen LogP contribution in [0, 0.1) is 45.3 Å². The number of carbonyl (C=O) groups is 2. The molecule has 0 amide bonds. The van der Waals surface area contributed by atoms with E-state index in [0.29, 0.717) is 12.0 Å². The zero-order valence-electron chi connectivity index (χ0n) is 32.2. The Morgan fingerprint density at radius 2 is 1.51 bits per heavy atom. The second kappa shape index (κ2) is 13.3. The molecule has 4 aliphatic carbocycles. The van der Waals surface area contributed by atoms with E-state index in [9.17, 15) is 30.0 Å². The highest BCUT2D eigenvalue weighted by Gasteiger charge is 2.76. The Bertz CT molecular complexity index is 1370. The summed E-state index contributed by atoms with van der Waals surface area (Å²) in [6.45, 7) is 22.1. The van der Waals surface area contributed by atoms with E-state index in [2.05, 4.69) is 48.1 Å². The maximum absolute atomic E-state index is 12.3. The van der Waals surface area contributed by atoms with Crippen molar-refractivity contribution >= 4 is 11.9 Å². The summed E-state index contributed by atoms with van der Waals surface area (Å²) < 4.78 is 31.4. The van der Waals surface area contributed by atoms with Gasteiger partial charge in [0.1, 0.15) is 43.2 Å². The molecule has 0 radical (unpaired) electrons. The van der Waals surface area contributed by atoms with Crippen LogP contribution < -0.4 is 0 Å². The molecule has 6 aliphatic rings. The van der Waals surface area contributed by atoms with Crippen LogP contribution in [0.1, 0.15) is 114 Å². The Hall–Kier alpha value is -1.60. The summed E-state index contributed by atoms with van der Waals surface area (Å²) in [5, 5.41) is 44.2. The molecule has 4 N–H and O–H groups in total. The van der Waals surface area contributed by atoms with E-state index in [4.69, 9.17) is 23.7 Å². The Kier molecular flexibility index (Phi) is 10.2. The SMILES string of the molecule is C=C(C)[C@@H](O)[C@H]1C[C@H](C)[C@@]2(CC[C@]3(C)[C@@H]2CC[C@@H]2[C@@]4(C)CC[C@@H](OC(C)=O)C(C)(C)[C@@H]4C[C@@H](O[C@@H]4O[C@H](COC(C)=O)[C@@H](O)[C@H](O)[C@H]4O)[C@]23C)O1. The first kappa shape index (κ1) is 39.1. The van der Waals surface area contributed by atoms with Crippen LogP contribution in [0.5, 0.6) is 0 Å². The molecule has 11 nitrogen and oxygen atoms in total. The molecule has 290 valence electrons. The fraction of sp³-hybridized carbons (Fsp3) is 0.900. The summed E-state index contributed by atoms with van der Waals surface area (Å²) in [6.07, 6.45) is -2.01. The summed E-state index contributed by atoms with van der Waals surface area (Å²) >= 11 is 0. The summed E-state index contributed by atoms with van der Waals surface area (Å²) in [5.41, 5.74) is -0.910. The highest BCUT2D eigenvalue weighted by molar-refractivity contribution is 5.66. The molecule has 0 bridgehead atoms. The van der Waals surface area contributed by atoms with E-state index < -0.39 is 59.9 Å². The van der Waals surface area contributed by atoms with E-state index in [1.165, 1.54) is 13.8 Å². The Morgan fingerprint density at radius 1 is 0.843 bits per heavy atom. The maximum atomic E-state index is 12.3. The van der Waals surface area contributed by atoms with Crippen molar-refractivity contribution in [2.45, 2.75) is 174 Å². The third kappa shape index (κ3) is 5.86. The third-order valence-electron chi connectivity index (χ3n) is 15.9. The van der Waals surface area contributed by atoms with Crippen molar-refractivity contribution in [2.75, 3.05) is 6.61 Å². The van der Waals surface area contributed by atoms with E-state index in [1.54, 1.807) is 0 Å². The van der Waals surface area contributed by atoms with Gasteiger partial charge in [-0.3, -0.25) is 9.59 Å². The van der Waals surface area contributed by atoms with E-state index in [-0.39, 0.29) is 64.7 Å². The summed E-state index contributed by atoms with van der Waals surface area (Å²) in [7, 11) is 0. The number of aliphatic hydroxyl groups excluding tert-OH is 4. The predicted molar refractivity (Wildman–Crippen MR) is 187 cm³/mol. The minimum atomic E-state index is -1.57. The number of carbonyl (C=O) groups excluding carboxylic acids is 2. The smallest absolute Gasteiger partial charge is 0.302 e. The van der Waals surface area contributed by atoms with Gasteiger partial charge in [-0.2, -0.15) is 0 Å². The fourth-order valence-corrected chi connectivity index (χ4v) is 13.1. The fourth-order valence-electron chi connectivity index (χ4n) is 13.1. The van der Waals surface area contributed by atoms with Gasteiger partial charge in [0, 0.05) is 24.7 Å². The van der Waals surface area contributed by atoms with Crippen LogP contribution in [0.2, 0.25) is 0 Å². The number of esters is 2. The largest absolute Gasteiger partial charge is 0.463 e. The van der Waals surface area contributed by atoms with Gasteiger partial charge in [-0.25, -0.2) is 0 Å². The lowest BCUT2D eigenvalue weighted by molar-refractivity contribution is -0.351.